The number of methoxy groups -OCH3 is 1. The van der Waals surface area contributed by atoms with Gasteiger partial charge in [0.05, 0.1) is 12.8 Å². The van der Waals surface area contributed by atoms with Gasteiger partial charge in [0.1, 0.15) is 13.2 Å². The van der Waals surface area contributed by atoms with Gasteiger partial charge < -0.3 is 19.5 Å². The highest BCUT2D eigenvalue weighted by atomic mass is 16.6. The number of nitrogens with zero attached hydrogens (tertiary/aromatic N) is 2. The maximum Gasteiger partial charge on any atom is 0.203 e. The number of rotatable bonds is 5. The summed E-state index contributed by atoms with van der Waals surface area (Å²) in [5.74, 6) is 2.11. The maximum atomic E-state index is 5.62. The first-order chi connectivity index (χ1) is 10.4. The van der Waals surface area contributed by atoms with Crippen LogP contribution in [0.5, 0.6) is 17.2 Å². The lowest BCUT2D eigenvalue weighted by atomic mass is 10.1. The molecule has 1 aromatic heterocycles. The van der Waals surface area contributed by atoms with Crippen molar-refractivity contribution < 1.29 is 14.2 Å². The zero-order valence-electron chi connectivity index (χ0n) is 11.8. The Balaban J connectivity index is 1.68. The molecule has 0 radical (unpaired) electrons. The number of hydrogen-bond acceptors (Lipinski definition) is 6. The van der Waals surface area contributed by atoms with Crippen molar-refractivity contribution in [1.82, 2.24) is 15.5 Å². The second-order valence-corrected chi connectivity index (χ2v) is 4.64. The average molecular weight is 287 g/mol. The summed E-state index contributed by atoms with van der Waals surface area (Å²) in [6, 6.07) is 7.74. The zero-order valence-corrected chi connectivity index (χ0v) is 11.8. The van der Waals surface area contributed by atoms with Crippen LogP contribution in [0, 0.1) is 0 Å². The average Bonchev–Trinajstić information content (AvgIpc) is 2.55. The van der Waals surface area contributed by atoms with Crippen LogP contribution in [0.25, 0.3) is 0 Å². The van der Waals surface area contributed by atoms with Crippen LogP contribution in [0.4, 0.5) is 0 Å². The van der Waals surface area contributed by atoms with Crippen molar-refractivity contribution in [3.63, 3.8) is 0 Å². The Bertz CT molecular complexity index is 587. The largest absolute Gasteiger partial charge is 0.493 e. The van der Waals surface area contributed by atoms with E-state index < -0.39 is 0 Å². The first-order valence-corrected chi connectivity index (χ1v) is 6.80. The molecule has 6 nitrogen and oxygen atoms in total. The van der Waals surface area contributed by atoms with Crippen molar-refractivity contribution in [2.75, 3.05) is 20.3 Å². The first-order valence-electron chi connectivity index (χ1n) is 6.80. The molecule has 0 unspecified atom stereocenters. The topological polar surface area (TPSA) is 65.5 Å². The van der Waals surface area contributed by atoms with Gasteiger partial charge in [0.15, 0.2) is 11.5 Å². The van der Waals surface area contributed by atoms with Crippen LogP contribution in [-0.2, 0) is 13.1 Å². The molecule has 0 atom stereocenters. The Labute approximate surface area is 123 Å². The highest BCUT2D eigenvalue weighted by Crippen LogP contribution is 2.40. The third kappa shape index (κ3) is 3.22. The van der Waals surface area contributed by atoms with Gasteiger partial charge in [-0.15, -0.1) is 0 Å². The Hall–Kier alpha value is -2.34. The number of hydrogen-bond donors (Lipinski definition) is 1. The van der Waals surface area contributed by atoms with E-state index in [1.165, 1.54) is 0 Å². The minimum absolute atomic E-state index is 0.549. The van der Waals surface area contributed by atoms with Crippen molar-refractivity contribution in [1.29, 1.82) is 0 Å². The Morgan fingerprint density at radius 2 is 2.14 bits per heavy atom. The zero-order chi connectivity index (χ0) is 14.5. The van der Waals surface area contributed by atoms with E-state index in [1.54, 1.807) is 13.3 Å². The van der Waals surface area contributed by atoms with Crippen LogP contribution >= 0.6 is 0 Å². The van der Waals surface area contributed by atoms with Gasteiger partial charge in [-0.25, -0.2) is 0 Å². The number of nitrogens with one attached hydrogen (secondary N) is 1. The second-order valence-electron chi connectivity index (χ2n) is 4.64. The van der Waals surface area contributed by atoms with E-state index in [2.05, 4.69) is 15.5 Å². The van der Waals surface area contributed by atoms with Crippen molar-refractivity contribution in [3.05, 3.63) is 41.7 Å². The molecule has 1 aliphatic rings. The lowest BCUT2D eigenvalue weighted by Gasteiger charge is -2.21. The molecule has 1 aromatic carbocycles. The van der Waals surface area contributed by atoms with E-state index in [-0.39, 0.29) is 0 Å². The molecule has 0 aliphatic carbocycles. The van der Waals surface area contributed by atoms with Crippen LogP contribution in [0.2, 0.25) is 0 Å². The molecular formula is C15H17N3O3. The van der Waals surface area contributed by atoms with Gasteiger partial charge in [-0.1, -0.05) is 0 Å². The molecule has 0 bridgehead atoms. The molecule has 1 N–H and O–H groups in total. The SMILES string of the molecule is COc1cc(CNCc2cccnn2)cc2c1OCCO2. The standard InChI is InChI=1S/C15H17N3O3/c1-19-13-7-11(8-14-15(13)21-6-5-20-14)9-16-10-12-3-2-4-17-18-12/h2-4,7-8,16H,5-6,9-10H2,1H3. The van der Waals surface area contributed by atoms with Crippen molar-refractivity contribution in [3.8, 4) is 17.2 Å². The monoisotopic (exact) mass is 287 g/mol. The quantitative estimate of drug-likeness (QED) is 0.900. The van der Waals surface area contributed by atoms with E-state index in [0.717, 1.165) is 17.0 Å². The van der Waals surface area contributed by atoms with Crippen LogP contribution in [0.15, 0.2) is 30.5 Å². The van der Waals surface area contributed by atoms with Gasteiger partial charge in [0.25, 0.3) is 0 Å². The molecule has 0 saturated carbocycles. The first kappa shape index (κ1) is 13.6. The fourth-order valence-corrected chi connectivity index (χ4v) is 2.19. The van der Waals surface area contributed by atoms with Crippen LogP contribution < -0.4 is 19.5 Å². The van der Waals surface area contributed by atoms with Gasteiger partial charge in [-0.05, 0) is 29.8 Å². The highest BCUT2D eigenvalue weighted by Gasteiger charge is 2.18. The molecule has 0 amide bonds. The molecule has 2 heterocycles. The third-order valence-corrected chi connectivity index (χ3v) is 3.15. The third-order valence-electron chi connectivity index (χ3n) is 3.15. The fraction of sp³-hybridized carbons (Fsp3) is 0.333. The summed E-state index contributed by atoms with van der Waals surface area (Å²) >= 11 is 0. The fourth-order valence-electron chi connectivity index (χ4n) is 2.19. The van der Waals surface area contributed by atoms with E-state index in [0.29, 0.717) is 37.8 Å². The molecule has 0 saturated heterocycles. The molecule has 3 rings (SSSR count). The number of aromatic nitrogens is 2. The molecule has 1 aliphatic heterocycles. The molecule has 0 spiro atoms. The van der Waals surface area contributed by atoms with Crippen LogP contribution in [0.1, 0.15) is 11.3 Å². The van der Waals surface area contributed by atoms with Crippen molar-refractivity contribution in [2.45, 2.75) is 13.1 Å². The van der Waals surface area contributed by atoms with Gasteiger partial charge >= 0.3 is 0 Å². The summed E-state index contributed by atoms with van der Waals surface area (Å²) in [6.45, 7) is 2.45. The van der Waals surface area contributed by atoms with Crippen LogP contribution in [0.3, 0.4) is 0 Å². The maximum absolute atomic E-state index is 5.62. The van der Waals surface area contributed by atoms with E-state index in [9.17, 15) is 0 Å². The summed E-state index contributed by atoms with van der Waals surface area (Å²) in [6.07, 6.45) is 1.66. The van der Waals surface area contributed by atoms with Crippen LogP contribution in [-0.4, -0.2) is 30.5 Å². The smallest absolute Gasteiger partial charge is 0.203 e. The van der Waals surface area contributed by atoms with E-state index >= 15 is 0 Å². The molecule has 110 valence electrons. The molecule has 21 heavy (non-hydrogen) atoms. The van der Waals surface area contributed by atoms with Crippen molar-refractivity contribution in [2.24, 2.45) is 0 Å². The summed E-state index contributed by atoms with van der Waals surface area (Å²) in [7, 11) is 1.63. The summed E-state index contributed by atoms with van der Waals surface area (Å²) in [5, 5.41) is 11.2. The van der Waals surface area contributed by atoms with Gasteiger partial charge in [-0.3, -0.25) is 0 Å². The number of fused-ring (bicyclic) bond motifs is 1. The molecule has 6 heteroatoms. The Morgan fingerprint density at radius 1 is 1.24 bits per heavy atom. The Kier molecular flexibility index (Phi) is 4.16. The minimum Gasteiger partial charge on any atom is -0.493 e. The highest BCUT2D eigenvalue weighted by molar-refractivity contribution is 5.54. The van der Waals surface area contributed by atoms with E-state index in [4.69, 9.17) is 14.2 Å². The summed E-state index contributed by atoms with van der Waals surface area (Å²) in [4.78, 5) is 0. The van der Waals surface area contributed by atoms with Gasteiger partial charge in [0.2, 0.25) is 5.75 Å². The van der Waals surface area contributed by atoms with Gasteiger partial charge in [0, 0.05) is 19.3 Å². The number of benzene rings is 1. The summed E-state index contributed by atoms with van der Waals surface area (Å²) in [5.41, 5.74) is 1.97. The van der Waals surface area contributed by atoms with Crippen molar-refractivity contribution >= 4 is 0 Å². The lowest BCUT2D eigenvalue weighted by Crippen LogP contribution is -2.18. The molecule has 2 aromatic rings. The minimum atomic E-state index is 0.549. The lowest BCUT2D eigenvalue weighted by molar-refractivity contribution is 0.165. The number of ether oxygens (including phenoxy) is 3. The Morgan fingerprint density at radius 3 is 2.95 bits per heavy atom. The predicted molar refractivity (Wildman–Crippen MR) is 76.6 cm³/mol. The molecule has 0 fully saturated rings. The predicted octanol–water partition coefficient (Wildman–Crippen LogP) is 1.55. The second kappa shape index (κ2) is 6.41. The van der Waals surface area contributed by atoms with Gasteiger partial charge in [-0.2, -0.15) is 10.2 Å². The normalized spacial score (nSPS) is 13.0. The summed E-state index contributed by atoms with van der Waals surface area (Å²) < 4.78 is 16.6. The molecular weight excluding hydrogens is 270 g/mol. The van der Waals surface area contributed by atoms with E-state index in [1.807, 2.05) is 24.3 Å².